The van der Waals surface area contributed by atoms with Crippen LogP contribution in [0, 0.1) is 5.92 Å². The molecule has 0 bridgehead atoms. The topological polar surface area (TPSA) is 29.5 Å². The van der Waals surface area contributed by atoms with Gasteiger partial charge in [0.05, 0.1) is 6.10 Å². The summed E-state index contributed by atoms with van der Waals surface area (Å²) in [5.74, 6) is 0.645. The molecule has 1 aliphatic heterocycles. The molecule has 0 radical (unpaired) electrons. The maximum Gasteiger partial charge on any atom is 0.181 e. The molecule has 1 aliphatic carbocycles. The van der Waals surface area contributed by atoms with Crippen LogP contribution in [0.25, 0.3) is 0 Å². The number of hydrogen-bond acceptors (Lipinski definition) is 2. The van der Waals surface area contributed by atoms with Crippen LogP contribution >= 0.6 is 0 Å². The Labute approximate surface area is 103 Å². The molecule has 2 nitrogen and oxygen atoms in total. The van der Waals surface area contributed by atoms with E-state index in [2.05, 4.69) is 12.1 Å². The Morgan fingerprint density at radius 1 is 1.06 bits per heavy atom. The van der Waals surface area contributed by atoms with Crippen molar-refractivity contribution in [2.75, 3.05) is 0 Å². The quantitative estimate of drug-likeness (QED) is 0.805. The molecule has 0 saturated heterocycles. The highest BCUT2D eigenvalue weighted by atomic mass is 16.6. The van der Waals surface area contributed by atoms with Gasteiger partial charge in [0.15, 0.2) is 6.29 Å². The molecule has 1 aromatic carbocycles. The predicted molar refractivity (Wildman–Crippen MR) is 66.6 cm³/mol. The van der Waals surface area contributed by atoms with Crippen molar-refractivity contribution in [2.24, 2.45) is 5.92 Å². The summed E-state index contributed by atoms with van der Waals surface area (Å²) < 4.78 is 5.81. The summed E-state index contributed by atoms with van der Waals surface area (Å²) in [5, 5.41) is 10.0. The lowest BCUT2D eigenvalue weighted by Gasteiger charge is -2.36. The summed E-state index contributed by atoms with van der Waals surface area (Å²) >= 11 is 0. The molecule has 1 aromatic rings. The van der Waals surface area contributed by atoms with Gasteiger partial charge in [-0.25, -0.2) is 0 Å². The largest absolute Gasteiger partial charge is 0.364 e. The van der Waals surface area contributed by atoms with Crippen LogP contribution in [-0.4, -0.2) is 11.2 Å². The molecular formula is C15H20O2. The maximum atomic E-state index is 10.0. The van der Waals surface area contributed by atoms with E-state index in [-0.39, 0.29) is 6.10 Å². The summed E-state index contributed by atoms with van der Waals surface area (Å²) in [6, 6.07) is 8.11. The number of fused-ring (bicyclic) bond motifs is 1. The molecule has 0 aromatic heterocycles. The Kier molecular flexibility index (Phi) is 3.17. The van der Waals surface area contributed by atoms with Crippen LogP contribution in [0.4, 0.5) is 0 Å². The van der Waals surface area contributed by atoms with Crippen LogP contribution in [0.2, 0.25) is 0 Å². The average molecular weight is 232 g/mol. The van der Waals surface area contributed by atoms with Gasteiger partial charge in [0.25, 0.3) is 0 Å². The van der Waals surface area contributed by atoms with Crippen molar-refractivity contribution >= 4 is 0 Å². The first-order valence-electron chi connectivity index (χ1n) is 6.76. The zero-order valence-electron chi connectivity index (χ0n) is 10.1. The average Bonchev–Trinajstić information content (AvgIpc) is 2.40. The second-order valence-corrected chi connectivity index (χ2v) is 5.33. The number of benzene rings is 1. The highest BCUT2D eigenvalue weighted by Gasteiger charge is 2.31. The van der Waals surface area contributed by atoms with Crippen molar-refractivity contribution < 1.29 is 9.84 Å². The fourth-order valence-corrected chi connectivity index (χ4v) is 3.25. The van der Waals surface area contributed by atoms with Crippen molar-refractivity contribution in [1.82, 2.24) is 0 Å². The van der Waals surface area contributed by atoms with Crippen molar-refractivity contribution in [3.8, 4) is 0 Å². The molecule has 92 valence electrons. The minimum atomic E-state index is -0.716. The molecule has 1 fully saturated rings. The molecule has 0 spiro atoms. The van der Waals surface area contributed by atoms with E-state index in [9.17, 15) is 5.11 Å². The van der Waals surface area contributed by atoms with E-state index in [1.54, 1.807) is 0 Å². The first-order chi connectivity index (χ1) is 8.34. The summed E-state index contributed by atoms with van der Waals surface area (Å²) in [5.41, 5.74) is 2.22. The molecule has 2 aliphatic rings. The molecule has 1 N–H and O–H groups in total. The third-order valence-electron chi connectivity index (χ3n) is 4.22. The van der Waals surface area contributed by atoms with Crippen LogP contribution in [0.15, 0.2) is 24.3 Å². The van der Waals surface area contributed by atoms with Gasteiger partial charge in [-0.15, -0.1) is 0 Å². The van der Waals surface area contributed by atoms with E-state index in [1.807, 2.05) is 12.1 Å². The molecular weight excluding hydrogens is 212 g/mol. The summed E-state index contributed by atoms with van der Waals surface area (Å²) in [7, 11) is 0. The van der Waals surface area contributed by atoms with Gasteiger partial charge in [0.1, 0.15) is 0 Å². The van der Waals surface area contributed by atoms with Gasteiger partial charge >= 0.3 is 0 Å². The number of rotatable bonds is 1. The van der Waals surface area contributed by atoms with E-state index in [0.717, 1.165) is 12.0 Å². The van der Waals surface area contributed by atoms with Crippen molar-refractivity contribution in [3.63, 3.8) is 0 Å². The van der Waals surface area contributed by atoms with Crippen molar-refractivity contribution in [2.45, 2.75) is 50.9 Å². The van der Waals surface area contributed by atoms with Gasteiger partial charge in [-0.05, 0) is 30.7 Å². The zero-order valence-corrected chi connectivity index (χ0v) is 10.1. The van der Waals surface area contributed by atoms with E-state index >= 15 is 0 Å². The third-order valence-corrected chi connectivity index (χ3v) is 4.22. The van der Waals surface area contributed by atoms with Gasteiger partial charge in [-0.2, -0.15) is 0 Å². The Morgan fingerprint density at radius 2 is 1.82 bits per heavy atom. The van der Waals surface area contributed by atoms with Crippen LogP contribution < -0.4 is 0 Å². The lowest BCUT2D eigenvalue weighted by atomic mass is 9.81. The summed E-state index contributed by atoms with van der Waals surface area (Å²) in [6.07, 6.45) is 7.01. The Balaban J connectivity index is 1.78. The van der Waals surface area contributed by atoms with Gasteiger partial charge in [-0.3, -0.25) is 0 Å². The van der Waals surface area contributed by atoms with Crippen LogP contribution in [0.5, 0.6) is 0 Å². The predicted octanol–water partition coefficient (Wildman–Crippen LogP) is 3.20. The molecule has 2 heteroatoms. The molecule has 2 atom stereocenters. The first kappa shape index (κ1) is 11.2. The van der Waals surface area contributed by atoms with Crippen LogP contribution in [0.3, 0.4) is 0 Å². The lowest BCUT2D eigenvalue weighted by molar-refractivity contribution is -0.167. The van der Waals surface area contributed by atoms with E-state index in [4.69, 9.17) is 4.74 Å². The van der Waals surface area contributed by atoms with Gasteiger partial charge < -0.3 is 9.84 Å². The molecule has 3 rings (SSSR count). The molecule has 17 heavy (non-hydrogen) atoms. The number of ether oxygens (including phenoxy) is 1. The summed E-state index contributed by atoms with van der Waals surface area (Å²) in [6.45, 7) is 0. The Hall–Kier alpha value is -0.860. The normalized spacial score (nSPS) is 29.9. The number of hydrogen-bond donors (Lipinski definition) is 1. The monoisotopic (exact) mass is 232 g/mol. The number of aliphatic hydroxyl groups excluding tert-OH is 1. The van der Waals surface area contributed by atoms with E-state index in [1.165, 1.54) is 37.7 Å². The second-order valence-electron chi connectivity index (χ2n) is 5.33. The molecule has 0 unspecified atom stereocenters. The van der Waals surface area contributed by atoms with E-state index < -0.39 is 6.29 Å². The van der Waals surface area contributed by atoms with Gasteiger partial charge in [0, 0.05) is 5.56 Å². The smallest absolute Gasteiger partial charge is 0.181 e. The fraction of sp³-hybridized carbons (Fsp3) is 0.600. The SMILES string of the molecule is O[C@H]1O[C@H](C2CCCCC2)Cc2ccccc21. The second kappa shape index (κ2) is 4.79. The molecule has 0 amide bonds. The lowest BCUT2D eigenvalue weighted by Crippen LogP contribution is -2.33. The highest BCUT2D eigenvalue weighted by molar-refractivity contribution is 5.30. The molecule has 1 heterocycles. The third kappa shape index (κ3) is 2.24. The van der Waals surface area contributed by atoms with Crippen molar-refractivity contribution in [1.29, 1.82) is 0 Å². The minimum Gasteiger partial charge on any atom is -0.364 e. The van der Waals surface area contributed by atoms with Gasteiger partial charge in [0.2, 0.25) is 0 Å². The maximum absolute atomic E-state index is 10.0. The van der Waals surface area contributed by atoms with Gasteiger partial charge in [-0.1, -0.05) is 43.5 Å². The van der Waals surface area contributed by atoms with Crippen molar-refractivity contribution in [3.05, 3.63) is 35.4 Å². The highest BCUT2D eigenvalue weighted by Crippen LogP contribution is 2.36. The van der Waals surface area contributed by atoms with Crippen LogP contribution in [0.1, 0.15) is 49.5 Å². The minimum absolute atomic E-state index is 0.222. The standard InChI is InChI=1S/C15H20O2/c16-15-13-9-5-4-8-12(13)10-14(17-15)11-6-2-1-3-7-11/h4-5,8-9,11,14-16H,1-3,6-7,10H2/t14-,15-/m0/s1. The Morgan fingerprint density at radius 3 is 2.65 bits per heavy atom. The molecule has 1 saturated carbocycles. The fourth-order valence-electron chi connectivity index (χ4n) is 3.25. The summed E-state index contributed by atoms with van der Waals surface area (Å²) in [4.78, 5) is 0. The first-order valence-corrected chi connectivity index (χ1v) is 6.76. The number of aliphatic hydroxyl groups is 1. The van der Waals surface area contributed by atoms with E-state index in [0.29, 0.717) is 5.92 Å². The Bertz CT molecular complexity index is 382. The zero-order chi connectivity index (χ0) is 11.7. The van der Waals surface area contributed by atoms with Crippen LogP contribution in [-0.2, 0) is 11.2 Å².